The van der Waals surface area contributed by atoms with E-state index in [1.165, 1.54) is 12.5 Å². The number of esters is 2. The summed E-state index contributed by atoms with van der Waals surface area (Å²) in [6.45, 7) is 6.93. The number of carbonyl (C=O) groups is 4. The molecular weight excluding hydrogens is 468 g/mol. The molecule has 1 aliphatic heterocycles. The lowest BCUT2D eigenvalue weighted by Gasteiger charge is -2.68. The second kappa shape index (κ2) is 7.74. The molecule has 2 N–H and O–H groups in total. The monoisotopic (exact) mass is 502 g/mol. The zero-order chi connectivity index (χ0) is 26.4. The van der Waals surface area contributed by atoms with Gasteiger partial charge in [0.25, 0.3) is 0 Å². The van der Waals surface area contributed by atoms with Gasteiger partial charge in [-0.1, -0.05) is 27.7 Å². The summed E-state index contributed by atoms with van der Waals surface area (Å²) in [4.78, 5) is 53.0. The third kappa shape index (κ3) is 2.96. The number of furan rings is 1. The Labute approximate surface area is 209 Å². The number of hydrogen-bond donors (Lipinski definition) is 2. The zero-order valence-corrected chi connectivity index (χ0v) is 21.3. The van der Waals surface area contributed by atoms with Crippen molar-refractivity contribution in [3.8, 4) is 0 Å². The van der Waals surface area contributed by atoms with Crippen LogP contribution in [0.25, 0.3) is 0 Å². The topological polar surface area (TPSA) is 140 Å². The Morgan fingerprint density at radius 2 is 1.83 bits per heavy atom. The van der Waals surface area contributed by atoms with Gasteiger partial charge in [-0.15, -0.1) is 0 Å². The van der Waals surface area contributed by atoms with E-state index in [-0.39, 0.29) is 18.6 Å². The maximum absolute atomic E-state index is 13.9. The molecule has 4 aliphatic rings. The highest BCUT2D eigenvalue weighted by Crippen LogP contribution is 2.70. The predicted octanol–water partition coefficient (Wildman–Crippen LogP) is 2.39. The van der Waals surface area contributed by atoms with Gasteiger partial charge in [0.15, 0.2) is 6.10 Å². The second-order valence-corrected chi connectivity index (χ2v) is 12.2. The molecule has 1 aromatic rings. The summed E-state index contributed by atoms with van der Waals surface area (Å²) in [6.07, 6.45) is 1.40. The first kappa shape index (κ1) is 25.1. The van der Waals surface area contributed by atoms with Crippen LogP contribution in [0.1, 0.15) is 65.0 Å². The van der Waals surface area contributed by atoms with Crippen molar-refractivity contribution in [1.29, 1.82) is 0 Å². The SMILES string of the molecule is COC(=O)[C@H](O)[C@H]1C(C)(C)C(=O)[C@@H]2C[C@]3(O)[C@@H]4CC(=O)O[C@@H](c5ccoc5)[C@]4(C)CC[C@@H]3[C@@]1(C)C2=O. The summed E-state index contributed by atoms with van der Waals surface area (Å²) in [5.41, 5.74) is -4.16. The first-order valence-electron chi connectivity index (χ1n) is 12.5. The molecule has 0 spiro atoms. The molecule has 0 aromatic carbocycles. The van der Waals surface area contributed by atoms with Gasteiger partial charge in [-0.05, 0) is 25.3 Å². The van der Waals surface area contributed by atoms with Crippen molar-refractivity contribution in [2.45, 2.75) is 71.2 Å². The molecular formula is C27H34O9. The molecule has 5 rings (SSSR count). The van der Waals surface area contributed by atoms with Crippen LogP contribution in [0.2, 0.25) is 0 Å². The van der Waals surface area contributed by atoms with Gasteiger partial charge in [0, 0.05) is 39.6 Å². The number of aliphatic hydroxyl groups is 2. The molecule has 0 radical (unpaired) electrons. The first-order chi connectivity index (χ1) is 16.7. The van der Waals surface area contributed by atoms with Crippen LogP contribution in [-0.4, -0.2) is 52.5 Å². The van der Waals surface area contributed by atoms with Crippen LogP contribution in [0.5, 0.6) is 0 Å². The fraction of sp³-hybridized carbons (Fsp3) is 0.704. The van der Waals surface area contributed by atoms with E-state index in [4.69, 9.17) is 13.9 Å². The lowest BCUT2D eigenvalue weighted by molar-refractivity contribution is -0.266. The molecule has 1 saturated heterocycles. The molecule has 0 amide bonds. The fourth-order valence-electron chi connectivity index (χ4n) is 8.75. The molecule has 2 bridgehead atoms. The molecule has 3 saturated carbocycles. The summed E-state index contributed by atoms with van der Waals surface area (Å²) in [5.74, 6) is -5.66. The smallest absolute Gasteiger partial charge is 0.335 e. The number of rotatable bonds is 3. The lowest BCUT2D eigenvalue weighted by Crippen LogP contribution is -2.75. The maximum atomic E-state index is 13.9. The predicted molar refractivity (Wildman–Crippen MR) is 123 cm³/mol. The average molecular weight is 503 g/mol. The number of ether oxygens (including phenoxy) is 2. The van der Waals surface area contributed by atoms with Crippen LogP contribution < -0.4 is 0 Å². The first-order valence-corrected chi connectivity index (χ1v) is 12.5. The van der Waals surface area contributed by atoms with Gasteiger partial charge in [0.05, 0.1) is 37.6 Å². The zero-order valence-electron chi connectivity index (χ0n) is 21.3. The van der Waals surface area contributed by atoms with Crippen molar-refractivity contribution in [2.75, 3.05) is 7.11 Å². The van der Waals surface area contributed by atoms with Gasteiger partial charge in [0.1, 0.15) is 17.7 Å². The number of Topliss-reactive ketones (excluding diaryl/α,β-unsaturated/α-hetero) is 2. The van der Waals surface area contributed by atoms with Gasteiger partial charge >= 0.3 is 11.9 Å². The van der Waals surface area contributed by atoms with Crippen LogP contribution in [0.15, 0.2) is 23.0 Å². The highest BCUT2D eigenvalue weighted by atomic mass is 16.5. The van der Waals surface area contributed by atoms with Gasteiger partial charge in [-0.3, -0.25) is 14.4 Å². The molecule has 9 nitrogen and oxygen atoms in total. The van der Waals surface area contributed by atoms with E-state index in [0.29, 0.717) is 18.4 Å². The Balaban J connectivity index is 1.66. The molecule has 9 heteroatoms. The van der Waals surface area contributed by atoms with E-state index in [0.717, 1.165) is 7.11 Å². The van der Waals surface area contributed by atoms with E-state index >= 15 is 0 Å². The summed E-state index contributed by atoms with van der Waals surface area (Å²) < 4.78 is 15.8. The molecule has 0 unspecified atom stereocenters. The third-order valence-electron chi connectivity index (χ3n) is 10.3. The van der Waals surface area contributed by atoms with E-state index in [1.54, 1.807) is 26.8 Å². The fourth-order valence-corrected chi connectivity index (χ4v) is 8.75. The van der Waals surface area contributed by atoms with Crippen molar-refractivity contribution < 1.29 is 43.3 Å². The van der Waals surface area contributed by atoms with Crippen LogP contribution >= 0.6 is 0 Å². The van der Waals surface area contributed by atoms with Crippen LogP contribution in [0.3, 0.4) is 0 Å². The van der Waals surface area contributed by atoms with Crippen LogP contribution in [-0.2, 0) is 28.7 Å². The quantitative estimate of drug-likeness (QED) is 0.471. The van der Waals surface area contributed by atoms with Gasteiger partial charge in [-0.2, -0.15) is 0 Å². The minimum absolute atomic E-state index is 0.0589. The number of fused-ring (bicyclic) bond motifs is 6. The summed E-state index contributed by atoms with van der Waals surface area (Å²) >= 11 is 0. The summed E-state index contributed by atoms with van der Waals surface area (Å²) in [7, 11) is 1.14. The van der Waals surface area contributed by atoms with Crippen molar-refractivity contribution in [3.05, 3.63) is 24.2 Å². The number of ketones is 2. The van der Waals surface area contributed by atoms with Gasteiger partial charge in [0.2, 0.25) is 0 Å². The molecule has 4 fully saturated rings. The highest BCUT2D eigenvalue weighted by Gasteiger charge is 2.76. The Hall–Kier alpha value is -2.52. The van der Waals surface area contributed by atoms with Crippen molar-refractivity contribution in [1.82, 2.24) is 0 Å². The Kier molecular flexibility index (Phi) is 5.41. The molecule has 1 aromatic heterocycles. The van der Waals surface area contributed by atoms with E-state index < -0.39 is 75.4 Å². The average Bonchev–Trinajstić information content (AvgIpc) is 3.35. The van der Waals surface area contributed by atoms with E-state index in [1.807, 2.05) is 6.92 Å². The van der Waals surface area contributed by atoms with E-state index in [9.17, 15) is 29.4 Å². The number of methoxy groups -OCH3 is 1. The Bertz CT molecular complexity index is 1120. The number of cyclic esters (lactones) is 1. The maximum Gasteiger partial charge on any atom is 0.335 e. The summed E-state index contributed by atoms with van der Waals surface area (Å²) in [6, 6.07) is 1.73. The van der Waals surface area contributed by atoms with Crippen molar-refractivity contribution in [3.63, 3.8) is 0 Å². The second-order valence-electron chi connectivity index (χ2n) is 12.2. The lowest BCUT2D eigenvalue weighted by atomic mass is 9.36. The standard InChI is InChI=1S/C27H34O9/c1-24(2)19(18(29)23(32)34-5)26(4)15-6-8-25(3)16(27(15,33)11-14(20(24)30)21(26)31)10-17(28)36-22(25)13-7-9-35-12-13/h7,9,12,14-16,18-19,22,29,33H,6,8,10-11H2,1-5H3/t14-,15+,16+,18+,19-,22-,25+,26+,27+/m0/s1. The Morgan fingerprint density at radius 3 is 2.44 bits per heavy atom. The van der Waals surface area contributed by atoms with Crippen LogP contribution in [0, 0.1) is 39.9 Å². The molecule has 2 heterocycles. The van der Waals surface area contributed by atoms with E-state index in [2.05, 4.69) is 0 Å². The van der Waals surface area contributed by atoms with Crippen molar-refractivity contribution in [2.24, 2.45) is 39.9 Å². The number of hydrogen-bond acceptors (Lipinski definition) is 9. The molecule has 36 heavy (non-hydrogen) atoms. The molecule has 9 atom stereocenters. The Morgan fingerprint density at radius 1 is 1.14 bits per heavy atom. The van der Waals surface area contributed by atoms with Gasteiger partial charge in [-0.25, -0.2) is 4.79 Å². The highest BCUT2D eigenvalue weighted by molar-refractivity contribution is 6.11. The van der Waals surface area contributed by atoms with Crippen LogP contribution in [0.4, 0.5) is 0 Å². The number of carbonyl (C=O) groups excluding carboxylic acids is 4. The van der Waals surface area contributed by atoms with Crippen molar-refractivity contribution >= 4 is 23.5 Å². The minimum atomic E-state index is -1.73. The molecule has 196 valence electrons. The normalized spacial score (nSPS) is 44.2. The minimum Gasteiger partial charge on any atom is -0.472 e. The number of aliphatic hydroxyl groups excluding tert-OH is 1. The van der Waals surface area contributed by atoms with Gasteiger partial charge < -0.3 is 24.1 Å². The summed E-state index contributed by atoms with van der Waals surface area (Å²) in [5, 5.41) is 23.6. The molecule has 3 aliphatic carbocycles. The third-order valence-corrected chi connectivity index (χ3v) is 10.3. The largest absolute Gasteiger partial charge is 0.472 e.